The number of benzene rings is 2. The Balaban J connectivity index is 2.33. The second-order valence-electron chi connectivity index (χ2n) is 6.61. The molecule has 2 aromatic rings. The number of guanidine groups is 1. The van der Waals surface area contributed by atoms with Crippen LogP contribution < -0.4 is 5.32 Å². The average Bonchev–Trinajstić information content (AvgIpc) is 2.55. The normalized spacial score (nSPS) is 25.0. The van der Waals surface area contributed by atoms with Crippen molar-refractivity contribution in [3.05, 3.63) is 70.8 Å². The van der Waals surface area contributed by atoms with Crippen LogP contribution in [0.1, 0.15) is 28.9 Å². The molecule has 2 N–H and O–H groups in total. The van der Waals surface area contributed by atoms with E-state index in [2.05, 4.69) is 5.32 Å². The van der Waals surface area contributed by atoms with E-state index in [4.69, 9.17) is 5.41 Å². The van der Waals surface area contributed by atoms with E-state index in [1.165, 1.54) is 14.0 Å². The van der Waals surface area contributed by atoms with Gasteiger partial charge in [-0.15, -0.1) is 0 Å². The average molecular weight is 379 g/mol. The van der Waals surface area contributed by atoms with E-state index in [1.807, 2.05) is 13.0 Å². The van der Waals surface area contributed by atoms with Gasteiger partial charge in [-0.05, 0) is 37.6 Å². The lowest BCUT2D eigenvalue weighted by atomic mass is 9.84. The van der Waals surface area contributed by atoms with Gasteiger partial charge in [0.2, 0.25) is 16.0 Å². The first-order chi connectivity index (χ1) is 12.1. The SMILES string of the molecule is Cc1cccc([C@@H]2[C@@](C)(c3cc(F)ccc3F)NC(=N)N(C)S2(=O)=O)c1. The maximum absolute atomic E-state index is 14.6. The molecule has 1 heterocycles. The molecular weight excluding hydrogens is 360 g/mol. The Morgan fingerprint density at radius 1 is 1.19 bits per heavy atom. The molecule has 1 saturated heterocycles. The van der Waals surface area contributed by atoms with Crippen LogP contribution in [-0.2, 0) is 15.6 Å². The van der Waals surface area contributed by atoms with Crippen LogP contribution in [0.15, 0.2) is 42.5 Å². The summed E-state index contributed by atoms with van der Waals surface area (Å²) in [5.41, 5.74) is -0.445. The summed E-state index contributed by atoms with van der Waals surface area (Å²) in [6.45, 7) is 3.29. The molecule has 0 bridgehead atoms. The number of halogens is 2. The third-order valence-corrected chi connectivity index (χ3v) is 7.02. The van der Waals surface area contributed by atoms with Crippen molar-refractivity contribution in [3.8, 4) is 0 Å². The van der Waals surface area contributed by atoms with Crippen molar-refractivity contribution in [2.24, 2.45) is 0 Å². The number of nitrogens with zero attached hydrogens (tertiary/aromatic N) is 1. The number of hydrogen-bond acceptors (Lipinski definition) is 3. The van der Waals surface area contributed by atoms with Gasteiger partial charge in [-0.1, -0.05) is 29.8 Å². The van der Waals surface area contributed by atoms with Crippen LogP contribution in [0, 0.1) is 24.0 Å². The summed E-state index contributed by atoms with van der Waals surface area (Å²) >= 11 is 0. The maximum atomic E-state index is 14.6. The third-order valence-electron chi connectivity index (χ3n) is 4.73. The molecule has 0 spiro atoms. The van der Waals surface area contributed by atoms with Crippen LogP contribution in [0.3, 0.4) is 0 Å². The fourth-order valence-corrected chi connectivity index (χ4v) is 5.30. The molecule has 3 rings (SSSR count). The first-order valence-corrected chi connectivity index (χ1v) is 9.44. The Morgan fingerprint density at radius 3 is 2.54 bits per heavy atom. The molecule has 0 radical (unpaired) electrons. The van der Waals surface area contributed by atoms with Gasteiger partial charge < -0.3 is 5.32 Å². The minimum atomic E-state index is -4.05. The molecule has 0 amide bonds. The van der Waals surface area contributed by atoms with Gasteiger partial charge in [0.15, 0.2) is 0 Å². The predicted molar refractivity (Wildman–Crippen MR) is 95.2 cm³/mol. The van der Waals surface area contributed by atoms with Crippen molar-refractivity contribution in [3.63, 3.8) is 0 Å². The molecule has 0 saturated carbocycles. The fourth-order valence-electron chi connectivity index (χ4n) is 3.42. The highest BCUT2D eigenvalue weighted by atomic mass is 32.2. The lowest BCUT2D eigenvalue weighted by Crippen LogP contribution is -2.62. The first-order valence-electron chi connectivity index (χ1n) is 7.94. The molecule has 0 aliphatic carbocycles. The highest BCUT2D eigenvalue weighted by Crippen LogP contribution is 2.45. The van der Waals surface area contributed by atoms with E-state index in [-0.39, 0.29) is 5.56 Å². The van der Waals surface area contributed by atoms with Gasteiger partial charge >= 0.3 is 0 Å². The van der Waals surface area contributed by atoms with Crippen LogP contribution in [0.2, 0.25) is 0 Å². The largest absolute Gasteiger partial charge is 0.345 e. The van der Waals surface area contributed by atoms with Crippen molar-refractivity contribution < 1.29 is 17.2 Å². The summed E-state index contributed by atoms with van der Waals surface area (Å²) in [6.07, 6.45) is 0. The van der Waals surface area contributed by atoms with Crippen molar-refractivity contribution in [2.45, 2.75) is 24.6 Å². The molecule has 0 unspecified atom stereocenters. The summed E-state index contributed by atoms with van der Waals surface area (Å²) in [7, 11) is -2.79. The molecule has 1 aliphatic rings. The van der Waals surface area contributed by atoms with Crippen LogP contribution in [0.4, 0.5) is 8.78 Å². The van der Waals surface area contributed by atoms with Gasteiger partial charge in [-0.25, -0.2) is 21.5 Å². The van der Waals surface area contributed by atoms with Gasteiger partial charge in [-0.3, -0.25) is 5.41 Å². The van der Waals surface area contributed by atoms with E-state index < -0.39 is 38.4 Å². The molecule has 8 heteroatoms. The van der Waals surface area contributed by atoms with Crippen molar-refractivity contribution in [1.82, 2.24) is 9.62 Å². The minimum absolute atomic E-state index is 0.148. The lowest BCUT2D eigenvalue weighted by Gasteiger charge is -2.46. The molecule has 26 heavy (non-hydrogen) atoms. The molecule has 2 atom stereocenters. The van der Waals surface area contributed by atoms with Crippen LogP contribution in [0.25, 0.3) is 0 Å². The quantitative estimate of drug-likeness (QED) is 0.842. The Labute approximate surface area is 151 Å². The number of sulfonamides is 1. The zero-order chi connectivity index (χ0) is 19.3. The standard InChI is InChI=1S/C18H19F2N3O2S/c1-11-5-4-6-12(9-11)16-18(2,14-10-13(19)7-8-15(14)20)22-17(21)23(3)26(16,24)25/h4-10,16H,1-3H3,(H2,21,22)/t16-,18-/m1/s1. The van der Waals surface area contributed by atoms with Gasteiger partial charge in [0.05, 0.1) is 5.54 Å². The fraction of sp³-hybridized carbons (Fsp3) is 0.278. The zero-order valence-corrected chi connectivity index (χ0v) is 15.4. The summed E-state index contributed by atoms with van der Waals surface area (Å²) in [5, 5.41) is 9.52. The number of hydrogen-bond donors (Lipinski definition) is 2. The van der Waals surface area contributed by atoms with Gasteiger partial charge in [-0.2, -0.15) is 0 Å². The van der Waals surface area contributed by atoms with Crippen LogP contribution in [-0.4, -0.2) is 25.7 Å². The van der Waals surface area contributed by atoms with E-state index in [0.29, 0.717) is 5.56 Å². The highest BCUT2D eigenvalue weighted by Gasteiger charge is 2.53. The van der Waals surface area contributed by atoms with Crippen molar-refractivity contribution >= 4 is 16.0 Å². The molecule has 138 valence electrons. The number of nitrogens with one attached hydrogen (secondary N) is 2. The monoisotopic (exact) mass is 379 g/mol. The molecular formula is C18H19F2N3O2S. The van der Waals surface area contributed by atoms with E-state index >= 15 is 0 Å². The second kappa shape index (κ2) is 6.05. The first kappa shape index (κ1) is 18.3. The topological polar surface area (TPSA) is 73.3 Å². The zero-order valence-electron chi connectivity index (χ0n) is 14.5. The molecule has 2 aromatic carbocycles. The minimum Gasteiger partial charge on any atom is -0.345 e. The maximum Gasteiger partial charge on any atom is 0.246 e. The molecule has 0 aromatic heterocycles. The number of rotatable bonds is 2. The molecule has 1 fully saturated rings. The van der Waals surface area contributed by atoms with E-state index in [9.17, 15) is 17.2 Å². The Bertz CT molecular complexity index is 994. The second-order valence-corrected chi connectivity index (χ2v) is 8.66. The predicted octanol–water partition coefficient (Wildman–Crippen LogP) is 3.03. The van der Waals surface area contributed by atoms with Crippen LogP contribution >= 0.6 is 0 Å². The Hall–Kier alpha value is -2.48. The summed E-state index contributed by atoms with van der Waals surface area (Å²) < 4.78 is 55.5. The van der Waals surface area contributed by atoms with Gasteiger partial charge in [0, 0.05) is 12.6 Å². The van der Waals surface area contributed by atoms with E-state index in [1.54, 1.807) is 18.2 Å². The smallest absolute Gasteiger partial charge is 0.246 e. The summed E-state index contributed by atoms with van der Waals surface area (Å²) in [4.78, 5) is 0. The molecule has 5 nitrogen and oxygen atoms in total. The highest BCUT2D eigenvalue weighted by molar-refractivity contribution is 7.90. The van der Waals surface area contributed by atoms with Crippen LogP contribution in [0.5, 0.6) is 0 Å². The molecule has 1 aliphatic heterocycles. The summed E-state index contributed by atoms with van der Waals surface area (Å²) in [5.74, 6) is -1.83. The van der Waals surface area contributed by atoms with E-state index in [0.717, 1.165) is 28.1 Å². The van der Waals surface area contributed by atoms with Gasteiger partial charge in [0.25, 0.3) is 0 Å². The number of aryl methyl sites for hydroxylation is 1. The van der Waals surface area contributed by atoms with Crippen molar-refractivity contribution in [1.29, 1.82) is 5.41 Å². The summed E-state index contributed by atoms with van der Waals surface area (Å²) in [6, 6.07) is 9.76. The third kappa shape index (κ3) is 2.74. The Kier molecular flexibility index (Phi) is 4.26. The Morgan fingerprint density at radius 2 is 1.88 bits per heavy atom. The van der Waals surface area contributed by atoms with Gasteiger partial charge in [0.1, 0.15) is 16.9 Å². The van der Waals surface area contributed by atoms with Crippen molar-refractivity contribution in [2.75, 3.05) is 7.05 Å². The lowest BCUT2D eigenvalue weighted by molar-refractivity contribution is 0.343.